The Labute approximate surface area is 77.4 Å². The van der Waals surface area contributed by atoms with Gasteiger partial charge in [0.15, 0.2) is 0 Å². The SMILES string of the molecule is CNC1=CC=CC=C(S(=O)(=O)O)C1. The van der Waals surface area contributed by atoms with Gasteiger partial charge in [-0.1, -0.05) is 12.2 Å². The molecule has 0 aromatic heterocycles. The first-order valence-electron chi connectivity index (χ1n) is 3.75. The first-order valence-corrected chi connectivity index (χ1v) is 5.19. The monoisotopic (exact) mass is 201 g/mol. The van der Waals surface area contributed by atoms with Crippen molar-refractivity contribution in [2.45, 2.75) is 6.42 Å². The summed E-state index contributed by atoms with van der Waals surface area (Å²) in [7, 11) is -2.36. The van der Waals surface area contributed by atoms with Crippen molar-refractivity contribution in [3.05, 3.63) is 34.9 Å². The molecule has 0 saturated carbocycles. The van der Waals surface area contributed by atoms with E-state index in [9.17, 15) is 8.42 Å². The lowest BCUT2D eigenvalue weighted by atomic mass is 10.3. The van der Waals surface area contributed by atoms with E-state index in [2.05, 4.69) is 5.32 Å². The third-order valence-corrected chi connectivity index (χ3v) is 2.65. The molecule has 0 saturated heterocycles. The van der Waals surface area contributed by atoms with Crippen LogP contribution in [-0.2, 0) is 10.1 Å². The van der Waals surface area contributed by atoms with Gasteiger partial charge < -0.3 is 5.32 Å². The largest absolute Gasteiger partial charge is 0.391 e. The van der Waals surface area contributed by atoms with Crippen LogP contribution < -0.4 is 5.32 Å². The summed E-state index contributed by atoms with van der Waals surface area (Å²) < 4.78 is 30.4. The fraction of sp³-hybridized carbons (Fsp3) is 0.250. The molecule has 0 bridgehead atoms. The van der Waals surface area contributed by atoms with Crippen LogP contribution in [0.3, 0.4) is 0 Å². The molecule has 0 unspecified atom stereocenters. The van der Waals surface area contributed by atoms with Crippen LogP contribution in [-0.4, -0.2) is 20.0 Å². The Bertz CT molecular complexity index is 376. The third kappa shape index (κ3) is 2.71. The van der Waals surface area contributed by atoms with E-state index in [0.29, 0.717) is 0 Å². The summed E-state index contributed by atoms with van der Waals surface area (Å²) in [5.41, 5.74) is 0.748. The molecule has 1 aliphatic rings. The molecule has 2 N–H and O–H groups in total. The lowest BCUT2D eigenvalue weighted by Crippen LogP contribution is -2.10. The summed E-state index contributed by atoms with van der Waals surface area (Å²) in [6.07, 6.45) is 6.63. The van der Waals surface area contributed by atoms with Crippen molar-refractivity contribution in [1.82, 2.24) is 5.32 Å². The standard InChI is InChI=1S/C8H11NO3S/c1-9-7-4-2-3-5-8(6-7)13(10,11)12/h2-5,9H,6H2,1H3,(H,10,11,12). The molecule has 0 spiro atoms. The molecular weight excluding hydrogens is 190 g/mol. The number of allylic oxidation sites excluding steroid dienone is 5. The summed E-state index contributed by atoms with van der Waals surface area (Å²) in [6, 6.07) is 0. The Morgan fingerprint density at radius 1 is 1.38 bits per heavy atom. The van der Waals surface area contributed by atoms with E-state index in [1.54, 1.807) is 25.3 Å². The molecule has 0 amide bonds. The lowest BCUT2D eigenvalue weighted by molar-refractivity contribution is 0.489. The van der Waals surface area contributed by atoms with Gasteiger partial charge in [0.1, 0.15) is 0 Å². The maximum atomic E-state index is 10.8. The highest BCUT2D eigenvalue weighted by atomic mass is 32.2. The van der Waals surface area contributed by atoms with E-state index in [1.165, 1.54) is 6.08 Å². The highest BCUT2D eigenvalue weighted by molar-refractivity contribution is 7.89. The zero-order valence-corrected chi connectivity index (χ0v) is 8.00. The quantitative estimate of drug-likeness (QED) is 0.649. The minimum Gasteiger partial charge on any atom is -0.391 e. The van der Waals surface area contributed by atoms with Gasteiger partial charge in [-0.2, -0.15) is 8.42 Å². The molecule has 1 aliphatic carbocycles. The minimum absolute atomic E-state index is 0.00171. The average molecular weight is 201 g/mol. The number of hydrogen-bond acceptors (Lipinski definition) is 3. The van der Waals surface area contributed by atoms with Gasteiger partial charge in [0.25, 0.3) is 10.1 Å². The van der Waals surface area contributed by atoms with Gasteiger partial charge in [0.05, 0.1) is 4.91 Å². The Balaban J connectivity index is 2.99. The predicted molar refractivity (Wildman–Crippen MR) is 50.5 cm³/mol. The van der Waals surface area contributed by atoms with E-state index in [0.717, 1.165) is 5.70 Å². The molecule has 72 valence electrons. The molecule has 0 aromatic rings. The van der Waals surface area contributed by atoms with Crippen molar-refractivity contribution in [3.63, 3.8) is 0 Å². The number of nitrogens with one attached hydrogen (secondary N) is 1. The Morgan fingerprint density at radius 3 is 2.54 bits per heavy atom. The highest BCUT2D eigenvalue weighted by Crippen LogP contribution is 2.16. The van der Waals surface area contributed by atoms with Gasteiger partial charge >= 0.3 is 0 Å². The van der Waals surface area contributed by atoms with E-state index in [4.69, 9.17) is 4.55 Å². The first-order chi connectivity index (χ1) is 6.04. The molecular formula is C8H11NO3S. The van der Waals surface area contributed by atoms with Crippen molar-refractivity contribution in [1.29, 1.82) is 0 Å². The Hall–Kier alpha value is -1.07. The molecule has 0 atom stereocenters. The maximum Gasteiger partial charge on any atom is 0.291 e. The van der Waals surface area contributed by atoms with Crippen LogP contribution in [0.1, 0.15) is 6.42 Å². The van der Waals surface area contributed by atoms with Crippen LogP contribution in [0, 0.1) is 0 Å². The number of rotatable bonds is 2. The van der Waals surface area contributed by atoms with E-state index in [-0.39, 0.29) is 11.3 Å². The van der Waals surface area contributed by atoms with E-state index < -0.39 is 10.1 Å². The Morgan fingerprint density at radius 2 is 2.00 bits per heavy atom. The first kappa shape index (κ1) is 10.0. The van der Waals surface area contributed by atoms with Gasteiger partial charge in [-0.3, -0.25) is 4.55 Å². The lowest BCUT2D eigenvalue weighted by Gasteiger charge is -2.05. The molecule has 0 radical (unpaired) electrons. The smallest absolute Gasteiger partial charge is 0.291 e. The fourth-order valence-corrected chi connectivity index (χ4v) is 1.58. The van der Waals surface area contributed by atoms with Gasteiger partial charge in [0, 0.05) is 19.2 Å². The van der Waals surface area contributed by atoms with Gasteiger partial charge in [-0.25, -0.2) is 0 Å². The van der Waals surface area contributed by atoms with E-state index >= 15 is 0 Å². The van der Waals surface area contributed by atoms with Gasteiger partial charge in [-0.05, 0) is 12.2 Å². The summed E-state index contributed by atoms with van der Waals surface area (Å²) in [4.78, 5) is 0.00171. The predicted octanol–water partition coefficient (Wildman–Crippen LogP) is 0.821. The summed E-state index contributed by atoms with van der Waals surface area (Å²) in [6.45, 7) is 0. The highest BCUT2D eigenvalue weighted by Gasteiger charge is 2.14. The van der Waals surface area contributed by atoms with Gasteiger partial charge in [-0.15, -0.1) is 0 Å². The summed E-state index contributed by atoms with van der Waals surface area (Å²) in [5.74, 6) is 0. The van der Waals surface area contributed by atoms with Crippen molar-refractivity contribution >= 4 is 10.1 Å². The second kappa shape index (κ2) is 3.76. The van der Waals surface area contributed by atoms with Gasteiger partial charge in [0.2, 0.25) is 0 Å². The zero-order chi connectivity index (χ0) is 9.90. The molecule has 4 nitrogen and oxygen atoms in total. The molecule has 0 fully saturated rings. The molecule has 0 aliphatic heterocycles. The van der Waals surface area contributed by atoms with Crippen molar-refractivity contribution in [3.8, 4) is 0 Å². The summed E-state index contributed by atoms with van der Waals surface area (Å²) >= 11 is 0. The average Bonchev–Trinajstić information content (AvgIpc) is 2.27. The van der Waals surface area contributed by atoms with Crippen LogP contribution in [0.15, 0.2) is 34.9 Å². The molecule has 0 aromatic carbocycles. The second-order valence-corrected chi connectivity index (χ2v) is 4.09. The fourth-order valence-electron chi connectivity index (χ4n) is 0.989. The topological polar surface area (TPSA) is 66.4 Å². The zero-order valence-electron chi connectivity index (χ0n) is 7.19. The van der Waals surface area contributed by atoms with Crippen molar-refractivity contribution in [2.75, 3.05) is 7.05 Å². The van der Waals surface area contributed by atoms with E-state index in [1.807, 2.05) is 0 Å². The van der Waals surface area contributed by atoms with Crippen molar-refractivity contribution in [2.24, 2.45) is 0 Å². The van der Waals surface area contributed by atoms with Crippen molar-refractivity contribution < 1.29 is 13.0 Å². The normalized spacial score (nSPS) is 17.4. The van der Waals surface area contributed by atoms with Crippen LogP contribution in [0.25, 0.3) is 0 Å². The molecule has 5 heteroatoms. The molecule has 1 rings (SSSR count). The Kier molecular flexibility index (Phi) is 2.90. The van der Waals surface area contributed by atoms with Crippen LogP contribution in [0.2, 0.25) is 0 Å². The van der Waals surface area contributed by atoms with Crippen LogP contribution >= 0.6 is 0 Å². The third-order valence-electron chi connectivity index (χ3n) is 1.71. The van der Waals surface area contributed by atoms with Crippen LogP contribution in [0.4, 0.5) is 0 Å². The van der Waals surface area contributed by atoms with Crippen LogP contribution in [0.5, 0.6) is 0 Å². The minimum atomic E-state index is -4.06. The maximum absolute atomic E-state index is 10.8. The molecule has 0 heterocycles. The second-order valence-electron chi connectivity index (χ2n) is 2.61. The molecule has 13 heavy (non-hydrogen) atoms. The number of hydrogen-bond donors (Lipinski definition) is 2. The summed E-state index contributed by atoms with van der Waals surface area (Å²) in [5, 5.41) is 2.84.